The van der Waals surface area contributed by atoms with E-state index >= 15 is 0 Å². The monoisotopic (exact) mass is 343 g/mol. The van der Waals surface area contributed by atoms with Crippen molar-refractivity contribution in [3.8, 4) is 0 Å². The molecule has 0 aliphatic carbocycles. The molecule has 0 aliphatic rings. The molecule has 2 aromatic carbocycles. The second-order valence-electron chi connectivity index (χ2n) is 5.82. The van der Waals surface area contributed by atoms with Crippen molar-refractivity contribution in [2.24, 2.45) is 5.73 Å². The van der Waals surface area contributed by atoms with Gasteiger partial charge in [0.25, 0.3) is 0 Å². The van der Waals surface area contributed by atoms with Crippen LogP contribution in [0.4, 0.5) is 15.8 Å². The first-order valence-corrected chi connectivity index (χ1v) is 8.13. The average molecular weight is 343 g/mol. The van der Waals surface area contributed by atoms with E-state index in [4.69, 9.17) is 5.73 Å². The number of benzene rings is 2. The van der Waals surface area contributed by atoms with Gasteiger partial charge in [0, 0.05) is 17.8 Å². The topological polar surface area (TPSA) is 84.2 Å². The molecule has 6 heteroatoms. The zero-order chi connectivity index (χ0) is 18.2. The van der Waals surface area contributed by atoms with Gasteiger partial charge in [0.05, 0.1) is 6.42 Å². The van der Waals surface area contributed by atoms with Gasteiger partial charge < -0.3 is 16.4 Å². The first kappa shape index (κ1) is 18.6. The number of carbonyl (C=O) groups excluding carboxylic acids is 2. The standard InChI is InChI=1S/C19H22FN3O2/c1-13-4-9-16(22-18(24)3-2-10-21)12-17(13)23-19(25)11-14-5-7-15(20)8-6-14/h4-9,12H,2-3,10-11,21H2,1H3,(H,22,24)(H,23,25). The Bertz CT molecular complexity index is 745. The third-order valence-corrected chi connectivity index (χ3v) is 3.68. The molecule has 2 rings (SSSR count). The number of amides is 2. The van der Waals surface area contributed by atoms with Gasteiger partial charge in [-0.15, -0.1) is 0 Å². The normalized spacial score (nSPS) is 10.4. The lowest BCUT2D eigenvalue weighted by molar-refractivity contribution is -0.116. The third kappa shape index (κ3) is 6.00. The largest absolute Gasteiger partial charge is 0.330 e. The molecule has 0 fully saturated rings. The quantitative estimate of drug-likeness (QED) is 0.722. The van der Waals surface area contributed by atoms with Gasteiger partial charge in [-0.3, -0.25) is 9.59 Å². The van der Waals surface area contributed by atoms with Crippen molar-refractivity contribution < 1.29 is 14.0 Å². The van der Waals surface area contributed by atoms with Gasteiger partial charge >= 0.3 is 0 Å². The molecule has 2 amide bonds. The van der Waals surface area contributed by atoms with Gasteiger partial charge in [-0.25, -0.2) is 4.39 Å². The number of nitrogens with two attached hydrogens (primary N) is 1. The van der Waals surface area contributed by atoms with E-state index in [2.05, 4.69) is 10.6 Å². The maximum atomic E-state index is 12.9. The fourth-order valence-electron chi connectivity index (χ4n) is 2.30. The molecule has 0 saturated carbocycles. The second kappa shape index (κ2) is 8.94. The molecular formula is C19H22FN3O2. The van der Waals surface area contributed by atoms with Crippen molar-refractivity contribution in [2.45, 2.75) is 26.2 Å². The van der Waals surface area contributed by atoms with Crippen LogP contribution >= 0.6 is 0 Å². The molecule has 4 N–H and O–H groups in total. The van der Waals surface area contributed by atoms with Crippen LogP contribution in [-0.2, 0) is 16.0 Å². The van der Waals surface area contributed by atoms with Crippen LogP contribution in [0.5, 0.6) is 0 Å². The number of aryl methyl sites for hydroxylation is 1. The highest BCUT2D eigenvalue weighted by molar-refractivity contribution is 5.95. The number of hydrogen-bond acceptors (Lipinski definition) is 3. The smallest absolute Gasteiger partial charge is 0.228 e. The molecule has 0 aliphatic heterocycles. The van der Waals surface area contributed by atoms with Crippen LogP contribution in [0.25, 0.3) is 0 Å². The van der Waals surface area contributed by atoms with Crippen molar-refractivity contribution in [3.63, 3.8) is 0 Å². The van der Waals surface area contributed by atoms with Gasteiger partial charge in [0.2, 0.25) is 11.8 Å². The molecular weight excluding hydrogens is 321 g/mol. The lowest BCUT2D eigenvalue weighted by Gasteiger charge is -2.12. The highest BCUT2D eigenvalue weighted by atomic mass is 19.1. The maximum absolute atomic E-state index is 12.9. The molecule has 0 unspecified atom stereocenters. The van der Waals surface area contributed by atoms with Crippen molar-refractivity contribution in [2.75, 3.05) is 17.2 Å². The summed E-state index contributed by atoms with van der Waals surface area (Å²) in [6.07, 6.45) is 1.13. The molecule has 5 nitrogen and oxygen atoms in total. The van der Waals surface area contributed by atoms with Gasteiger partial charge in [0.1, 0.15) is 5.82 Å². The van der Waals surface area contributed by atoms with E-state index in [0.717, 1.165) is 11.1 Å². The molecule has 0 spiro atoms. The van der Waals surface area contributed by atoms with Crippen molar-refractivity contribution in [1.29, 1.82) is 0 Å². The summed E-state index contributed by atoms with van der Waals surface area (Å²) in [4.78, 5) is 24.0. The minimum atomic E-state index is -0.335. The summed E-state index contributed by atoms with van der Waals surface area (Å²) in [5, 5.41) is 5.61. The lowest BCUT2D eigenvalue weighted by Crippen LogP contribution is -2.16. The zero-order valence-electron chi connectivity index (χ0n) is 14.1. The lowest BCUT2D eigenvalue weighted by atomic mass is 10.1. The van der Waals surface area contributed by atoms with Crippen molar-refractivity contribution in [3.05, 3.63) is 59.4 Å². The molecule has 132 valence electrons. The minimum absolute atomic E-state index is 0.113. The maximum Gasteiger partial charge on any atom is 0.228 e. The van der Waals surface area contributed by atoms with Crippen LogP contribution in [0.2, 0.25) is 0 Å². The number of nitrogens with one attached hydrogen (secondary N) is 2. The molecule has 0 aromatic heterocycles. The Kier molecular flexibility index (Phi) is 6.65. The molecule has 0 atom stereocenters. The Labute approximate surface area is 146 Å². The number of hydrogen-bond donors (Lipinski definition) is 3. The molecule has 25 heavy (non-hydrogen) atoms. The Morgan fingerprint density at radius 3 is 2.44 bits per heavy atom. The minimum Gasteiger partial charge on any atom is -0.330 e. The van der Waals surface area contributed by atoms with Gasteiger partial charge in [-0.2, -0.15) is 0 Å². The number of carbonyl (C=O) groups is 2. The van der Waals surface area contributed by atoms with Crippen LogP contribution < -0.4 is 16.4 Å². The number of anilines is 2. The zero-order valence-corrected chi connectivity index (χ0v) is 14.1. The molecule has 2 aromatic rings. The number of rotatable bonds is 7. The summed E-state index contributed by atoms with van der Waals surface area (Å²) in [6, 6.07) is 11.1. The molecule has 0 saturated heterocycles. The summed E-state index contributed by atoms with van der Waals surface area (Å²) < 4.78 is 12.9. The van der Waals surface area contributed by atoms with E-state index in [1.807, 2.05) is 13.0 Å². The summed E-state index contributed by atoms with van der Waals surface area (Å²) >= 11 is 0. The predicted molar refractivity (Wildman–Crippen MR) is 96.8 cm³/mol. The first-order chi connectivity index (χ1) is 12.0. The Morgan fingerprint density at radius 1 is 1.04 bits per heavy atom. The van der Waals surface area contributed by atoms with Crippen molar-refractivity contribution >= 4 is 23.2 Å². The fraction of sp³-hybridized carbons (Fsp3) is 0.263. The highest BCUT2D eigenvalue weighted by Gasteiger charge is 2.09. The van der Waals surface area contributed by atoms with Crippen LogP contribution in [0.1, 0.15) is 24.0 Å². The van der Waals surface area contributed by atoms with Crippen LogP contribution in [0.15, 0.2) is 42.5 Å². The van der Waals surface area contributed by atoms with Crippen molar-refractivity contribution in [1.82, 2.24) is 0 Å². The van der Waals surface area contributed by atoms with E-state index < -0.39 is 0 Å². The van der Waals surface area contributed by atoms with Crippen LogP contribution in [0, 0.1) is 12.7 Å². The molecule has 0 radical (unpaired) electrons. The summed E-state index contributed by atoms with van der Waals surface area (Å²) in [7, 11) is 0. The van der Waals surface area contributed by atoms with E-state index in [0.29, 0.717) is 30.8 Å². The third-order valence-electron chi connectivity index (χ3n) is 3.68. The fourth-order valence-corrected chi connectivity index (χ4v) is 2.30. The second-order valence-corrected chi connectivity index (χ2v) is 5.82. The Morgan fingerprint density at radius 2 is 1.76 bits per heavy atom. The van der Waals surface area contributed by atoms with E-state index in [-0.39, 0.29) is 24.1 Å². The van der Waals surface area contributed by atoms with Gasteiger partial charge in [-0.1, -0.05) is 18.2 Å². The summed E-state index contributed by atoms with van der Waals surface area (Å²) in [6.45, 7) is 2.33. The van der Waals surface area contributed by atoms with Crippen LogP contribution in [-0.4, -0.2) is 18.4 Å². The predicted octanol–water partition coefficient (Wildman–Crippen LogP) is 2.99. The van der Waals surface area contributed by atoms with Gasteiger partial charge in [-0.05, 0) is 55.3 Å². The SMILES string of the molecule is Cc1ccc(NC(=O)CCCN)cc1NC(=O)Cc1ccc(F)cc1. The molecule has 0 heterocycles. The molecule has 0 bridgehead atoms. The summed E-state index contributed by atoms with van der Waals surface area (Å²) in [5.41, 5.74) is 8.24. The van der Waals surface area contributed by atoms with E-state index in [1.165, 1.54) is 12.1 Å². The Balaban J connectivity index is 2.00. The summed E-state index contributed by atoms with van der Waals surface area (Å²) in [5.74, 6) is -0.655. The number of halogens is 1. The Hall–Kier alpha value is -2.73. The van der Waals surface area contributed by atoms with E-state index in [1.54, 1.807) is 24.3 Å². The highest BCUT2D eigenvalue weighted by Crippen LogP contribution is 2.21. The van der Waals surface area contributed by atoms with Gasteiger partial charge in [0.15, 0.2) is 0 Å². The average Bonchev–Trinajstić information content (AvgIpc) is 2.58. The van der Waals surface area contributed by atoms with Crippen LogP contribution in [0.3, 0.4) is 0 Å². The first-order valence-electron chi connectivity index (χ1n) is 8.13. The van der Waals surface area contributed by atoms with E-state index in [9.17, 15) is 14.0 Å².